The summed E-state index contributed by atoms with van der Waals surface area (Å²) in [6.07, 6.45) is 4.22. The highest BCUT2D eigenvalue weighted by atomic mass is 15.2. The second kappa shape index (κ2) is 4.73. The van der Waals surface area contributed by atoms with Gasteiger partial charge in [-0.3, -0.25) is 9.88 Å². The summed E-state index contributed by atoms with van der Waals surface area (Å²) in [7, 11) is 0. The molecule has 1 aromatic heterocycles. The van der Waals surface area contributed by atoms with E-state index < -0.39 is 0 Å². The standard InChI is InChI=1S/C12H19N3/c1-10(12-6-2-3-7-14-12)15-8-4-5-11(13)9-15/h2-3,6-7,10-11H,4-5,8-9,13H2,1H3/t10-,11-/m0/s1. The van der Waals surface area contributed by atoms with Crippen LogP contribution in [0.3, 0.4) is 0 Å². The minimum Gasteiger partial charge on any atom is -0.327 e. The number of aromatic nitrogens is 1. The Balaban J connectivity index is 2.04. The third kappa shape index (κ3) is 2.55. The zero-order chi connectivity index (χ0) is 10.7. The maximum absolute atomic E-state index is 5.98. The molecule has 2 atom stereocenters. The number of piperidine rings is 1. The minimum atomic E-state index is 0.338. The van der Waals surface area contributed by atoms with E-state index in [4.69, 9.17) is 5.73 Å². The molecule has 0 unspecified atom stereocenters. The maximum atomic E-state index is 5.98. The van der Waals surface area contributed by atoms with Crippen molar-refractivity contribution < 1.29 is 0 Å². The van der Waals surface area contributed by atoms with Crippen LogP contribution < -0.4 is 5.73 Å². The van der Waals surface area contributed by atoms with E-state index in [0.717, 1.165) is 25.2 Å². The molecule has 3 heteroatoms. The van der Waals surface area contributed by atoms with Crippen molar-refractivity contribution in [3.63, 3.8) is 0 Å². The lowest BCUT2D eigenvalue weighted by Gasteiger charge is -2.35. The molecule has 3 nitrogen and oxygen atoms in total. The predicted octanol–water partition coefficient (Wildman–Crippen LogP) is 1.57. The monoisotopic (exact) mass is 205 g/mol. The Hall–Kier alpha value is -0.930. The Labute approximate surface area is 91.3 Å². The van der Waals surface area contributed by atoms with Crippen LogP contribution in [0, 0.1) is 0 Å². The minimum absolute atomic E-state index is 0.338. The van der Waals surface area contributed by atoms with E-state index in [0.29, 0.717) is 12.1 Å². The second-order valence-corrected chi connectivity index (χ2v) is 4.33. The van der Waals surface area contributed by atoms with Gasteiger partial charge >= 0.3 is 0 Å². The molecule has 1 aromatic rings. The van der Waals surface area contributed by atoms with Crippen LogP contribution in [0.1, 0.15) is 31.5 Å². The Morgan fingerprint density at radius 2 is 2.40 bits per heavy atom. The van der Waals surface area contributed by atoms with E-state index in [9.17, 15) is 0 Å². The number of rotatable bonds is 2. The normalized spacial score (nSPS) is 25.1. The summed E-state index contributed by atoms with van der Waals surface area (Å²) in [6, 6.07) is 6.81. The number of hydrogen-bond donors (Lipinski definition) is 1. The molecule has 15 heavy (non-hydrogen) atoms. The van der Waals surface area contributed by atoms with Gasteiger partial charge in [0, 0.05) is 24.8 Å². The Kier molecular flexibility index (Phi) is 3.34. The third-order valence-corrected chi connectivity index (χ3v) is 3.15. The van der Waals surface area contributed by atoms with Crippen LogP contribution in [-0.2, 0) is 0 Å². The molecule has 0 aliphatic carbocycles. The SMILES string of the molecule is C[C@@H](c1ccccn1)N1CCC[C@H](N)C1. The van der Waals surface area contributed by atoms with Gasteiger partial charge in [-0.1, -0.05) is 6.07 Å². The summed E-state index contributed by atoms with van der Waals surface area (Å²) in [5.41, 5.74) is 7.12. The highest BCUT2D eigenvalue weighted by Crippen LogP contribution is 2.21. The fraction of sp³-hybridized carbons (Fsp3) is 0.583. The van der Waals surface area contributed by atoms with Crippen molar-refractivity contribution in [2.45, 2.75) is 31.8 Å². The zero-order valence-corrected chi connectivity index (χ0v) is 9.26. The first-order valence-electron chi connectivity index (χ1n) is 5.68. The van der Waals surface area contributed by atoms with E-state index in [1.54, 1.807) is 0 Å². The summed E-state index contributed by atoms with van der Waals surface area (Å²) in [5.74, 6) is 0. The molecule has 1 saturated heterocycles. The van der Waals surface area contributed by atoms with Crippen molar-refractivity contribution in [1.29, 1.82) is 0 Å². The molecule has 1 fully saturated rings. The Morgan fingerprint density at radius 1 is 1.53 bits per heavy atom. The van der Waals surface area contributed by atoms with E-state index in [-0.39, 0.29) is 0 Å². The quantitative estimate of drug-likeness (QED) is 0.797. The maximum Gasteiger partial charge on any atom is 0.0572 e. The molecule has 0 bridgehead atoms. The lowest BCUT2D eigenvalue weighted by Crippen LogP contribution is -2.43. The molecule has 0 saturated carbocycles. The molecule has 0 radical (unpaired) electrons. The lowest BCUT2D eigenvalue weighted by atomic mass is 10.0. The van der Waals surface area contributed by atoms with Crippen LogP contribution in [0.25, 0.3) is 0 Å². The topological polar surface area (TPSA) is 42.2 Å². The van der Waals surface area contributed by atoms with Crippen LogP contribution in [0.4, 0.5) is 0 Å². The molecule has 2 heterocycles. The average molecular weight is 205 g/mol. The van der Waals surface area contributed by atoms with Crippen molar-refractivity contribution in [1.82, 2.24) is 9.88 Å². The number of likely N-dealkylation sites (tertiary alicyclic amines) is 1. The molecule has 1 aliphatic rings. The van der Waals surface area contributed by atoms with Crippen LogP contribution in [0.5, 0.6) is 0 Å². The van der Waals surface area contributed by atoms with Crippen molar-refractivity contribution >= 4 is 0 Å². The van der Waals surface area contributed by atoms with Gasteiger partial charge in [0.25, 0.3) is 0 Å². The number of pyridine rings is 1. The molecule has 1 aliphatic heterocycles. The van der Waals surface area contributed by atoms with Crippen molar-refractivity contribution in [2.24, 2.45) is 5.73 Å². The smallest absolute Gasteiger partial charge is 0.0572 e. The fourth-order valence-electron chi connectivity index (χ4n) is 2.20. The fourth-order valence-corrected chi connectivity index (χ4v) is 2.20. The summed E-state index contributed by atoms with van der Waals surface area (Å²) in [6.45, 7) is 4.35. The second-order valence-electron chi connectivity index (χ2n) is 4.33. The molecular formula is C12H19N3. The van der Waals surface area contributed by atoms with Gasteiger partial charge in [0.2, 0.25) is 0 Å². The third-order valence-electron chi connectivity index (χ3n) is 3.15. The van der Waals surface area contributed by atoms with Gasteiger partial charge in [-0.2, -0.15) is 0 Å². The van der Waals surface area contributed by atoms with Gasteiger partial charge in [0.15, 0.2) is 0 Å². The largest absolute Gasteiger partial charge is 0.327 e. The molecule has 2 N–H and O–H groups in total. The number of hydrogen-bond acceptors (Lipinski definition) is 3. The van der Waals surface area contributed by atoms with E-state index in [1.165, 1.54) is 6.42 Å². The van der Waals surface area contributed by atoms with Crippen LogP contribution in [-0.4, -0.2) is 29.0 Å². The molecule has 2 rings (SSSR count). The number of nitrogens with zero attached hydrogens (tertiary/aromatic N) is 2. The Bertz CT molecular complexity index is 299. The van der Waals surface area contributed by atoms with Gasteiger partial charge in [0.05, 0.1) is 5.69 Å². The Morgan fingerprint density at radius 3 is 3.07 bits per heavy atom. The lowest BCUT2D eigenvalue weighted by molar-refractivity contribution is 0.157. The van der Waals surface area contributed by atoms with Gasteiger partial charge in [-0.05, 0) is 38.4 Å². The summed E-state index contributed by atoms with van der Waals surface area (Å²) in [4.78, 5) is 6.82. The van der Waals surface area contributed by atoms with Crippen molar-refractivity contribution in [3.8, 4) is 0 Å². The van der Waals surface area contributed by atoms with Gasteiger partial charge in [-0.15, -0.1) is 0 Å². The molecule has 0 amide bonds. The summed E-state index contributed by atoms with van der Waals surface area (Å²) >= 11 is 0. The first-order chi connectivity index (χ1) is 7.27. The average Bonchev–Trinajstić information content (AvgIpc) is 2.29. The number of nitrogens with two attached hydrogens (primary N) is 1. The first kappa shape index (κ1) is 10.6. The molecular weight excluding hydrogens is 186 g/mol. The molecule has 0 spiro atoms. The predicted molar refractivity (Wildman–Crippen MR) is 61.4 cm³/mol. The van der Waals surface area contributed by atoms with Crippen LogP contribution in [0.15, 0.2) is 24.4 Å². The van der Waals surface area contributed by atoms with Gasteiger partial charge in [-0.25, -0.2) is 0 Å². The van der Waals surface area contributed by atoms with E-state index >= 15 is 0 Å². The van der Waals surface area contributed by atoms with E-state index in [1.807, 2.05) is 18.3 Å². The molecule has 0 aromatic carbocycles. The summed E-state index contributed by atoms with van der Waals surface area (Å²) in [5, 5.41) is 0. The molecule has 82 valence electrons. The van der Waals surface area contributed by atoms with Crippen molar-refractivity contribution in [2.75, 3.05) is 13.1 Å². The highest BCUT2D eigenvalue weighted by Gasteiger charge is 2.22. The van der Waals surface area contributed by atoms with Gasteiger partial charge < -0.3 is 5.73 Å². The first-order valence-corrected chi connectivity index (χ1v) is 5.68. The van der Waals surface area contributed by atoms with Gasteiger partial charge in [0.1, 0.15) is 0 Å². The van der Waals surface area contributed by atoms with Crippen molar-refractivity contribution in [3.05, 3.63) is 30.1 Å². The van der Waals surface area contributed by atoms with E-state index in [2.05, 4.69) is 22.9 Å². The zero-order valence-electron chi connectivity index (χ0n) is 9.26. The highest BCUT2D eigenvalue weighted by molar-refractivity contribution is 5.08. The van der Waals surface area contributed by atoms with Crippen LogP contribution in [0.2, 0.25) is 0 Å². The van der Waals surface area contributed by atoms with Crippen LogP contribution >= 0.6 is 0 Å². The summed E-state index contributed by atoms with van der Waals surface area (Å²) < 4.78 is 0.